The van der Waals surface area contributed by atoms with Crippen LogP contribution in [0.5, 0.6) is 0 Å². The highest BCUT2D eigenvalue weighted by molar-refractivity contribution is 5.82. The van der Waals surface area contributed by atoms with E-state index >= 15 is 0 Å². The summed E-state index contributed by atoms with van der Waals surface area (Å²) in [4.78, 5) is 10.6. The Morgan fingerprint density at radius 2 is 2.55 bits per heavy atom. The van der Waals surface area contributed by atoms with Gasteiger partial charge in [-0.3, -0.25) is 10.00 Å². The van der Waals surface area contributed by atoms with E-state index in [0.717, 1.165) is 0 Å². The van der Waals surface area contributed by atoms with Crippen molar-refractivity contribution in [3.05, 3.63) is 12.3 Å². The van der Waals surface area contributed by atoms with Crippen LogP contribution in [0.15, 0.2) is 12.3 Å². The zero-order valence-corrected chi connectivity index (χ0v) is 6.37. The summed E-state index contributed by atoms with van der Waals surface area (Å²) in [6.07, 6.45) is 1.22. The summed E-state index contributed by atoms with van der Waals surface area (Å²) in [6, 6.07) is 1.68. The van der Waals surface area contributed by atoms with Gasteiger partial charge in [-0.05, 0) is 0 Å². The Labute approximate surface area is 64.0 Å². The summed E-state index contributed by atoms with van der Waals surface area (Å²) in [5, 5.41) is 6.32. The fraction of sp³-hybridized carbons (Fsp3) is 0.333. The molecule has 60 valence electrons. The number of hydrogen-bond acceptors (Lipinski definition) is 3. The average Bonchev–Trinajstić information content (AvgIpc) is 2.35. The Morgan fingerprint density at radius 1 is 1.82 bits per heavy atom. The van der Waals surface area contributed by atoms with Gasteiger partial charge in [-0.25, -0.2) is 4.79 Å². The minimum Gasteiger partial charge on any atom is -0.453 e. The monoisotopic (exact) mass is 155 g/mol. The van der Waals surface area contributed by atoms with Gasteiger partial charge in [0.2, 0.25) is 0 Å². The number of carbonyl (C=O) groups excluding carboxylic acids is 1. The van der Waals surface area contributed by atoms with Crippen molar-refractivity contribution in [1.29, 1.82) is 0 Å². The maximum Gasteiger partial charge on any atom is 0.412 e. The first-order chi connectivity index (χ1) is 5.22. The molecule has 0 saturated heterocycles. The standard InChI is InChI=1S/C6H9N3O2/c1-9-4-3-5(8-9)7-6(10)11-2/h3-4H,1-2H3,(H,7,8,10). The molecule has 0 atom stereocenters. The van der Waals surface area contributed by atoms with E-state index in [1.165, 1.54) is 7.11 Å². The van der Waals surface area contributed by atoms with Crippen molar-refractivity contribution in [2.24, 2.45) is 7.05 Å². The molecule has 0 aliphatic rings. The molecule has 0 spiro atoms. The molecule has 11 heavy (non-hydrogen) atoms. The lowest BCUT2D eigenvalue weighted by molar-refractivity contribution is 0.187. The van der Waals surface area contributed by atoms with Crippen molar-refractivity contribution in [2.45, 2.75) is 0 Å². The Morgan fingerprint density at radius 3 is 3.00 bits per heavy atom. The van der Waals surface area contributed by atoms with E-state index in [1.54, 1.807) is 24.0 Å². The van der Waals surface area contributed by atoms with E-state index in [-0.39, 0.29) is 0 Å². The van der Waals surface area contributed by atoms with Crippen LogP contribution in [0.1, 0.15) is 0 Å². The molecule has 1 rings (SSSR count). The maximum absolute atomic E-state index is 10.6. The van der Waals surface area contributed by atoms with Crippen LogP contribution >= 0.6 is 0 Å². The van der Waals surface area contributed by atoms with E-state index in [0.29, 0.717) is 5.82 Å². The smallest absolute Gasteiger partial charge is 0.412 e. The lowest BCUT2D eigenvalue weighted by atomic mass is 10.6. The number of aromatic nitrogens is 2. The molecule has 0 bridgehead atoms. The van der Waals surface area contributed by atoms with Crippen LogP contribution in [0.25, 0.3) is 0 Å². The first kappa shape index (κ1) is 7.59. The molecule has 1 heterocycles. The number of ether oxygens (including phenoxy) is 1. The SMILES string of the molecule is COC(=O)Nc1ccn(C)n1. The van der Waals surface area contributed by atoms with Crippen molar-refractivity contribution >= 4 is 11.9 Å². The zero-order valence-electron chi connectivity index (χ0n) is 6.37. The molecule has 0 saturated carbocycles. The highest BCUT2D eigenvalue weighted by atomic mass is 16.5. The van der Waals surface area contributed by atoms with Crippen LogP contribution in [-0.4, -0.2) is 23.0 Å². The van der Waals surface area contributed by atoms with Crippen molar-refractivity contribution in [1.82, 2.24) is 9.78 Å². The lowest BCUT2D eigenvalue weighted by Gasteiger charge is -1.97. The molecule has 0 aliphatic carbocycles. The fourth-order valence-electron chi connectivity index (χ4n) is 0.637. The van der Waals surface area contributed by atoms with Crippen molar-refractivity contribution in [3.63, 3.8) is 0 Å². The van der Waals surface area contributed by atoms with Gasteiger partial charge in [-0.2, -0.15) is 5.10 Å². The first-order valence-electron chi connectivity index (χ1n) is 3.07. The molecule has 1 N–H and O–H groups in total. The van der Waals surface area contributed by atoms with Crippen LogP contribution in [0.2, 0.25) is 0 Å². The second kappa shape index (κ2) is 3.05. The number of nitrogens with one attached hydrogen (secondary N) is 1. The predicted octanol–water partition coefficient (Wildman–Crippen LogP) is 0.598. The largest absolute Gasteiger partial charge is 0.453 e. The molecule has 1 aromatic heterocycles. The van der Waals surface area contributed by atoms with Gasteiger partial charge in [0.1, 0.15) is 0 Å². The molecule has 0 aromatic carbocycles. The number of aryl methyl sites for hydroxylation is 1. The van der Waals surface area contributed by atoms with Gasteiger partial charge >= 0.3 is 6.09 Å². The van der Waals surface area contributed by atoms with E-state index in [9.17, 15) is 4.79 Å². The lowest BCUT2D eigenvalue weighted by Crippen LogP contribution is -2.11. The van der Waals surface area contributed by atoms with E-state index in [2.05, 4.69) is 15.2 Å². The normalized spacial score (nSPS) is 9.27. The number of hydrogen-bond donors (Lipinski definition) is 1. The molecule has 0 radical (unpaired) electrons. The van der Waals surface area contributed by atoms with Gasteiger partial charge in [0.05, 0.1) is 7.11 Å². The summed E-state index contributed by atoms with van der Waals surface area (Å²) in [5.41, 5.74) is 0. The van der Waals surface area contributed by atoms with Crippen molar-refractivity contribution in [3.8, 4) is 0 Å². The van der Waals surface area contributed by atoms with E-state index in [4.69, 9.17) is 0 Å². The molecule has 0 aliphatic heterocycles. The third-order valence-electron chi connectivity index (χ3n) is 1.13. The van der Waals surface area contributed by atoms with Gasteiger partial charge in [0.25, 0.3) is 0 Å². The summed E-state index contributed by atoms with van der Waals surface area (Å²) in [7, 11) is 3.07. The number of amides is 1. The minimum absolute atomic E-state index is 0.486. The van der Waals surface area contributed by atoms with E-state index in [1.807, 2.05) is 0 Å². The molecular formula is C6H9N3O2. The van der Waals surface area contributed by atoms with Crippen LogP contribution in [0, 0.1) is 0 Å². The zero-order chi connectivity index (χ0) is 8.27. The van der Waals surface area contributed by atoms with E-state index < -0.39 is 6.09 Å². The van der Waals surface area contributed by atoms with Crippen LogP contribution < -0.4 is 5.32 Å². The molecular weight excluding hydrogens is 146 g/mol. The molecule has 0 unspecified atom stereocenters. The first-order valence-corrected chi connectivity index (χ1v) is 3.07. The van der Waals surface area contributed by atoms with Gasteiger partial charge in [-0.1, -0.05) is 0 Å². The van der Waals surface area contributed by atoms with Crippen LogP contribution in [-0.2, 0) is 11.8 Å². The Balaban J connectivity index is 2.57. The Bertz CT molecular complexity index is 256. The number of anilines is 1. The summed E-state index contributed by atoms with van der Waals surface area (Å²) < 4.78 is 5.95. The molecule has 0 fully saturated rings. The van der Waals surface area contributed by atoms with Crippen molar-refractivity contribution < 1.29 is 9.53 Å². The molecule has 1 amide bonds. The van der Waals surface area contributed by atoms with Crippen LogP contribution in [0.3, 0.4) is 0 Å². The Kier molecular flexibility index (Phi) is 2.10. The van der Waals surface area contributed by atoms with Gasteiger partial charge in [0.15, 0.2) is 5.82 Å². The van der Waals surface area contributed by atoms with Gasteiger partial charge in [0, 0.05) is 19.3 Å². The minimum atomic E-state index is -0.510. The number of nitrogens with zero attached hydrogens (tertiary/aromatic N) is 2. The Hall–Kier alpha value is -1.52. The van der Waals surface area contributed by atoms with Gasteiger partial charge in [-0.15, -0.1) is 0 Å². The van der Waals surface area contributed by atoms with Crippen LogP contribution in [0.4, 0.5) is 10.6 Å². The number of carbonyl (C=O) groups is 1. The van der Waals surface area contributed by atoms with Gasteiger partial charge < -0.3 is 4.74 Å². The predicted molar refractivity (Wildman–Crippen MR) is 39.2 cm³/mol. The van der Waals surface area contributed by atoms with Crippen molar-refractivity contribution in [2.75, 3.05) is 12.4 Å². The summed E-state index contributed by atoms with van der Waals surface area (Å²) in [6.45, 7) is 0. The maximum atomic E-state index is 10.6. The topological polar surface area (TPSA) is 56.1 Å². The fourth-order valence-corrected chi connectivity index (χ4v) is 0.637. The number of rotatable bonds is 1. The third-order valence-corrected chi connectivity index (χ3v) is 1.13. The summed E-state index contributed by atoms with van der Waals surface area (Å²) >= 11 is 0. The third kappa shape index (κ3) is 1.96. The average molecular weight is 155 g/mol. The number of methoxy groups -OCH3 is 1. The second-order valence-electron chi connectivity index (χ2n) is 1.99. The summed E-state index contributed by atoms with van der Waals surface area (Å²) in [5.74, 6) is 0.486. The molecule has 1 aromatic rings. The second-order valence-corrected chi connectivity index (χ2v) is 1.99. The highest BCUT2D eigenvalue weighted by Crippen LogP contribution is 2.00. The molecule has 5 nitrogen and oxygen atoms in total. The molecule has 5 heteroatoms. The highest BCUT2D eigenvalue weighted by Gasteiger charge is 2.01. The quantitative estimate of drug-likeness (QED) is 0.646.